The standard InChI is InChI=1S/C15H29N3/c1-15(2)8-5-3-4-6-9-16-10-7-12-18-13-11-17-14-18/h11,13-16H,3-10,12H2,1-2H3. The lowest BCUT2D eigenvalue weighted by molar-refractivity contribution is 0.507. The Kier molecular flexibility index (Phi) is 8.57. The molecule has 0 amide bonds. The smallest absolute Gasteiger partial charge is 0.0945 e. The Balaban J connectivity index is 1.76. The molecular formula is C15H29N3. The molecule has 0 aliphatic heterocycles. The summed E-state index contributed by atoms with van der Waals surface area (Å²) in [5.74, 6) is 0.867. The summed E-state index contributed by atoms with van der Waals surface area (Å²) in [5.41, 5.74) is 0. The molecule has 0 fully saturated rings. The highest BCUT2D eigenvalue weighted by atomic mass is 15.0. The number of rotatable bonds is 11. The van der Waals surface area contributed by atoms with E-state index in [2.05, 4.69) is 28.7 Å². The lowest BCUT2D eigenvalue weighted by atomic mass is 10.0. The van der Waals surface area contributed by atoms with E-state index in [0.717, 1.165) is 19.0 Å². The fourth-order valence-corrected chi connectivity index (χ4v) is 2.09. The molecule has 1 N–H and O–H groups in total. The maximum atomic E-state index is 4.03. The van der Waals surface area contributed by atoms with Gasteiger partial charge in [0, 0.05) is 18.9 Å². The number of hydrogen-bond donors (Lipinski definition) is 1. The van der Waals surface area contributed by atoms with Gasteiger partial charge in [-0.2, -0.15) is 0 Å². The molecule has 0 saturated heterocycles. The van der Waals surface area contributed by atoms with Gasteiger partial charge in [0.05, 0.1) is 6.33 Å². The van der Waals surface area contributed by atoms with Crippen molar-refractivity contribution in [1.82, 2.24) is 14.9 Å². The van der Waals surface area contributed by atoms with Crippen LogP contribution in [0, 0.1) is 5.92 Å². The summed E-state index contributed by atoms with van der Waals surface area (Å²) in [6, 6.07) is 0. The number of hydrogen-bond acceptors (Lipinski definition) is 2. The quantitative estimate of drug-likeness (QED) is 0.610. The Hall–Kier alpha value is -0.830. The molecule has 3 nitrogen and oxygen atoms in total. The summed E-state index contributed by atoms with van der Waals surface area (Å²) in [5, 5.41) is 3.51. The Bertz CT molecular complexity index is 267. The van der Waals surface area contributed by atoms with Gasteiger partial charge in [-0.25, -0.2) is 4.98 Å². The van der Waals surface area contributed by atoms with Crippen LogP contribution in [0.1, 0.15) is 52.4 Å². The molecule has 0 saturated carbocycles. The second kappa shape index (κ2) is 10.1. The summed E-state index contributed by atoms with van der Waals surface area (Å²) in [6.07, 6.45) is 13.8. The van der Waals surface area contributed by atoms with Crippen LogP contribution < -0.4 is 5.32 Å². The van der Waals surface area contributed by atoms with Gasteiger partial charge in [-0.05, 0) is 31.8 Å². The largest absolute Gasteiger partial charge is 0.337 e. The predicted molar refractivity (Wildman–Crippen MR) is 77.6 cm³/mol. The van der Waals surface area contributed by atoms with Crippen molar-refractivity contribution in [1.29, 1.82) is 0 Å². The van der Waals surface area contributed by atoms with Crippen molar-refractivity contribution in [2.45, 2.75) is 58.9 Å². The number of aromatic nitrogens is 2. The summed E-state index contributed by atoms with van der Waals surface area (Å²) in [6.45, 7) is 7.97. The normalized spacial score (nSPS) is 11.3. The van der Waals surface area contributed by atoms with E-state index in [1.807, 2.05) is 18.7 Å². The minimum Gasteiger partial charge on any atom is -0.337 e. The summed E-state index contributed by atoms with van der Waals surface area (Å²) in [7, 11) is 0. The molecule has 1 aromatic rings. The molecule has 0 bridgehead atoms. The molecule has 1 aromatic heterocycles. The lowest BCUT2D eigenvalue weighted by Crippen LogP contribution is -2.18. The average molecular weight is 251 g/mol. The van der Waals surface area contributed by atoms with E-state index in [1.54, 1.807) is 0 Å². The van der Waals surface area contributed by atoms with Gasteiger partial charge < -0.3 is 9.88 Å². The van der Waals surface area contributed by atoms with Crippen molar-refractivity contribution in [3.63, 3.8) is 0 Å². The molecule has 0 atom stereocenters. The second-order valence-corrected chi connectivity index (χ2v) is 5.50. The van der Waals surface area contributed by atoms with Gasteiger partial charge in [-0.3, -0.25) is 0 Å². The van der Waals surface area contributed by atoms with Crippen LogP contribution in [0.15, 0.2) is 18.7 Å². The van der Waals surface area contributed by atoms with Crippen LogP contribution in [0.5, 0.6) is 0 Å². The van der Waals surface area contributed by atoms with Crippen molar-refractivity contribution in [3.8, 4) is 0 Å². The van der Waals surface area contributed by atoms with E-state index in [9.17, 15) is 0 Å². The van der Waals surface area contributed by atoms with Gasteiger partial charge in [0.15, 0.2) is 0 Å². The monoisotopic (exact) mass is 251 g/mol. The highest BCUT2D eigenvalue weighted by Gasteiger charge is 1.95. The molecule has 0 aromatic carbocycles. The van der Waals surface area contributed by atoms with Crippen LogP contribution in [-0.2, 0) is 6.54 Å². The van der Waals surface area contributed by atoms with Gasteiger partial charge in [0.25, 0.3) is 0 Å². The zero-order valence-electron chi connectivity index (χ0n) is 12.1. The zero-order valence-corrected chi connectivity index (χ0v) is 12.1. The Morgan fingerprint density at radius 1 is 1.06 bits per heavy atom. The van der Waals surface area contributed by atoms with Crippen LogP contribution >= 0.6 is 0 Å². The number of imidazole rings is 1. The minimum absolute atomic E-state index is 0.867. The maximum absolute atomic E-state index is 4.03. The first kappa shape index (κ1) is 15.2. The van der Waals surface area contributed by atoms with Gasteiger partial charge >= 0.3 is 0 Å². The first-order chi connectivity index (χ1) is 8.79. The van der Waals surface area contributed by atoms with Crippen LogP contribution in [0.25, 0.3) is 0 Å². The fourth-order valence-electron chi connectivity index (χ4n) is 2.09. The van der Waals surface area contributed by atoms with Crippen molar-refractivity contribution in [3.05, 3.63) is 18.7 Å². The summed E-state index contributed by atoms with van der Waals surface area (Å²) >= 11 is 0. The topological polar surface area (TPSA) is 29.9 Å². The molecule has 18 heavy (non-hydrogen) atoms. The third kappa shape index (κ3) is 8.29. The molecule has 0 unspecified atom stereocenters. The number of aryl methyl sites for hydroxylation is 1. The number of nitrogens with zero attached hydrogens (tertiary/aromatic N) is 2. The fraction of sp³-hybridized carbons (Fsp3) is 0.800. The molecule has 1 rings (SSSR count). The predicted octanol–water partition coefficient (Wildman–Crippen LogP) is 3.47. The van der Waals surface area contributed by atoms with Gasteiger partial charge in [0.2, 0.25) is 0 Å². The zero-order chi connectivity index (χ0) is 13.1. The first-order valence-electron chi connectivity index (χ1n) is 7.45. The SMILES string of the molecule is CC(C)CCCCCCNCCCn1ccnc1. The van der Waals surface area contributed by atoms with E-state index < -0.39 is 0 Å². The maximum Gasteiger partial charge on any atom is 0.0945 e. The average Bonchev–Trinajstić information content (AvgIpc) is 2.84. The van der Waals surface area contributed by atoms with E-state index in [-0.39, 0.29) is 0 Å². The molecule has 3 heteroatoms. The summed E-state index contributed by atoms with van der Waals surface area (Å²) < 4.78 is 2.13. The molecule has 0 aliphatic carbocycles. The minimum atomic E-state index is 0.867. The molecule has 0 aliphatic rings. The van der Waals surface area contributed by atoms with E-state index in [1.165, 1.54) is 45.1 Å². The number of unbranched alkanes of at least 4 members (excludes halogenated alkanes) is 3. The van der Waals surface area contributed by atoms with E-state index in [0.29, 0.717) is 0 Å². The van der Waals surface area contributed by atoms with Crippen LogP contribution in [0.4, 0.5) is 0 Å². The third-order valence-electron chi connectivity index (χ3n) is 3.21. The van der Waals surface area contributed by atoms with Crippen LogP contribution in [0.3, 0.4) is 0 Å². The molecule has 0 spiro atoms. The summed E-state index contributed by atoms with van der Waals surface area (Å²) in [4.78, 5) is 4.03. The highest BCUT2D eigenvalue weighted by Crippen LogP contribution is 2.08. The van der Waals surface area contributed by atoms with Gasteiger partial charge in [0.1, 0.15) is 0 Å². The van der Waals surface area contributed by atoms with Gasteiger partial charge in [-0.1, -0.05) is 39.5 Å². The Morgan fingerprint density at radius 3 is 2.56 bits per heavy atom. The van der Waals surface area contributed by atoms with Crippen molar-refractivity contribution >= 4 is 0 Å². The Morgan fingerprint density at radius 2 is 1.83 bits per heavy atom. The molecule has 1 heterocycles. The van der Waals surface area contributed by atoms with Crippen molar-refractivity contribution in [2.24, 2.45) is 5.92 Å². The van der Waals surface area contributed by atoms with Crippen LogP contribution in [-0.4, -0.2) is 22.6 Å². The van der Waals surface area contributed by atoms with Gasteiger partial charge in [-0.15, -0.1) is 0 Å². The molecule has 104 valence electrons. The highest BCUT2D eigenvalue weighted by molar-refractivity contribution is 4.73. The first-order valence-corrected chi connectivity index (χ1v) is 7.45. The van der Waals surface area contributed by atoms with E-state index in [4.69, 9.17) is 0 Å². The van der Waals surface area contributed by atoms with Crippen molar-refractivity contribution < 1.29 is 0 Å². The van der Waals surface area contributed by atoms with E-state index >= 15 is 0 Å². The van der Waals surface area contributed by atoms with Crippen molar-refractivity contribution in [2.75, 3.05) is 13.1 Å². The second-order valence-electron chi connectivity index (χ2n) is 5.50. The van der Waals surface area contributed by atoms with Crippen LogP contribution in [0.2, 0.25) is 0 Å². The third-order valence-corrected chi connectivity index (χ3v) is 3.21. The molecule has 0 radical (unpaired) electrons. The number of nitrogens with one attached hydrogen (secondary N) is 1. The molecular weight excluding hydrogens is 222 g/mol. The Labute approximate surface area is 112 Å². The lowest BCUT2D eigenvalue weighted by Gasteiger charge is -2.06.